The van der Waals surface area contributed by atoms with Crippen LogP contribution in [0.4, 0.5) is 0 Å². The van der Waals surface area contributed by atoms with Crippen molar-refractivity contribution in [2.24, 2.45) is 10.6 Å². The van der Waals surface area contributed by atoms with E-state index in [0.717, 1.165) is 24.0 Å². The summed E-state index contributed by atoms with van der Waals surface area (Å²) in [4.78, 5) is 0.0164. The van der Waals surface area contributed by atoms with Crippen molar-refractivity contribution in [2.45, 2.75) is 38.0 Å². The molecule has 0 amide bonds. The summed E-state index contributed by atoms with van der Waals surface area (Å²) in [5, 5.41) is 14.0. The van der Waals surface area contributed by atoms with Crippen LogP contribution in [0.5, 0.6) is 5.75 Å². The molecule has 1 aromatic rings. The van der Waals surface area contributed by atoms with Gasteiger partial charge in [0, 0.05) is 11.8 Å². The average molecular weight is 294 g/mol. The molecule has 0 atom stereocenters. The molecular formula is C14H18N2O3S. The zero-order valence-electron chi connectivity index (χ0n) is 11.6. The average Bonchev–Trinajstić information content (AvgIpc) is 3.06. The van der Waals surface area contributed by atoms with Crippen LogP contribution in [-0.4, -0.2) is 15.0 Å². The van der Waals surface area contributed by atoms with Gasteiger partial charge >= 0.3 is 0 Å². The van der Waals surface area contributed by atoms with Crippen LogP contribution in [0.15, 0.2) is 17.0 Å². The van der Waals surface area contributed by atoms with E-state index in [0.29, 0.717) is 18.8 Å². The number of nitriles is 1. The zero-order valence-corrected chi connectivity index (χ0v) is 12.5. The molecule has 1 aromatic carbocycles. The molecule has 6 heteroatoms. The molecule has 2 rings (SSSR count). The third-order valence-electron chi connectivity index (χ3n) is 3.63. The summed E-state index contributed by atoms with van der Waals surface area (Å²) in [7, 11) is -3.83. The first-order valence-corrected chi connectivity index (χ1v) is 7.96. The van der Waals surface area contributed by atoms with E-state index in [2.05, 4.69) is 6.07 Å². The summed E-state index contributed by atoms with van der Waals surface area (Å²) in [6.07, 6.45) is 2.31. The lowest BCUT2D eigenvalue weighted by atomic mass is 10.1. The number of primary sulfonamides is 1. The van der Waals surface area contributed by atoms with Crippen LogP contribution in [0.2, 0.25) is 0 Å². The van der Waals surface area contributed by atoms with Crippen molar-refractivity contribution in [2.75, 3.05) is 6.61 Å². The van der Waals surface area contributed by atoms with Gasteiger partial charge in [-0.25, -0.2) is 13.6 Å². The Morgan fingerprint density at radius 3 is 2.55 bits per heavy atom. The maximum Gasteiger partial charge on any atom is 0.241 e. The predicted molar refractivity (Wildman–Crippen MR) is 74.7 cm³/mol. The molecule has 0 aromatic heterocycles. The van der Waals surface area contributed by atoms with E-state index in [9.17, 15) is 8.42 Å². The Balaban J connectivity index is 2.30. The van der Waals surface area contributed by atoms with E-state index >= 15 is 0 Å². The minimum Gasteiger partial charge on any atom is -0.491 e. The largest absolute Gasteiger partial charge is 0.491 e. The highest BCUT2D eigenvalue weighted by Gasteiger charge is 2.43. The third kappa shape index (κ3) is 3.11. The molecule has 5 nitrogen and oxygen atoms in total. The van der Waals surface area contributed by atoms with Gasteiger partial charge in [0.2, 0.25) is 10.0 Å². The molecule has 108 valence electrons. The van der Waals surface area contributed by atoms with Crippen LogP contribution in [0.1, 0.15) is 30.4 Å². The molecule has 0 heterocycles. The minimum absolute atomic E-state index is 0.0164. The third-order valence-corrected chi connectivity index (χ3v) is 4.54. The van der Waals surface area contributed by atoms with Crippen molar-refractivity contribution in [3.63, 3.8) is 0 Å². The SMILES string of the molecule is Cc1cc(C)c(OCC2(CC#N)CC2)c(S(N)(=O)=O)c1. The molecule has 20 heavy (non-hydrogen) atoms. The molecular weight excluding hydrogens is 276 g/mol. The number of aryl methyl sites for hydroxylation is 2. The van der Waals surface area contributed by atoms with Crippen LogP contribution in [0.25, 0.3) is 0 Å². The summed E-state index contributed by atoms with van der Waals surface area (Å²) in [6, 6.07) is 5.52. The minimum atomic E-state index is -3.83. The lowest BCUT2D eigenvalue weighted by molar-refractivity contribution is 0.230. The van der Waals surface area contributed by atoms with Gasteiger partial charge in [0.15, 0.2) is 0 Å². The van der Waals surface area contributed by atoms with Crippen molar-refractivity contribution in [3.05, 3.63) is 23.3 Å². The van der Waals surface area contributed by atoms with Gasteiger partial charge in [-0.1, -0.05) is 6.07 Å². The van der Waals surface area contributed by atoms with Gasteiger partial charge in [0.1, 0.15) is 10.6 Å². The summed E-state index contributed by atoms with van der Waals surface area (Å²) in [5.74, 6) is 0.308. The molecule has 0 saturated heterocycles. The van der Waals surface area contributed by atoms with E-state index in [4.69, 9.17) is 15.1 Å². The zero-order chi connectivity index (χ0) is 15.0. The first kappa shape index (κ1) is 14.8. The Morgan fingerprint density at radius 2 is 2.05 bits per heavy atom. The number of nitrogens with two attached hydrogens (primary N) is 1. The van der Waals surface area contributed by atoms with E-state index in [1.807, 2.05) is 13.0 Å². The van der Waals surface area contributed by atoms with Gasteiger partial charge in [-0.05, 0) is 43.9 Å². The Hall–Kier alpha value is -1.58. The molecule has 1 fully saturated rings. The van der Waals surface area contributed by atoms with Gasteiger partial charge in [0.05, 0.1) is 12.7 Å². The molecule has 0 radical (unpaired) electrons. The normalized spacial score (nSPS) is 16.5. The lowest BCUT2D eigenvalue weighted by Crippen LogP contribution is -2.18. The van der Waals surface area contributed by atoms with E-state index in [-0.39, 0.29) is 10.3 Å². The van der Waals surface area contributed by atoms with Crippen molar-refractivity contribution >= 4 is 10.0 Å². The molecule has 0 unspecified atom stereocenters. The second kappa shape index (κ2) is 5.08. The standard InChI is InChI=1S/C14H18N2O3S/c1-10-7-11(2)13(12(8-10)20(16,17)18)19-9-14(3-4-14)5-6-15/h7-8H,3-5,9H2,1-2H3,(H2,16,17,18). The highest BCUT2D eigenvalue weighted by molar-refractivity contribution is 7.89. The maximum atomic E-state index is 11.7. The number of hydrogen-bond acceptors (Lipinski definition) is 4. The number of hydrogen-bond donors (Lipinski definition) is 1. The van der Waals surface area contributed by atoms with Crippen LogP contribution >= 0.6 is 0 Å². The van der Waals surface area contributed by atoms with E-state index < -0.39 is 10.0 Å². The number of nitrogens with zero attached hydrogens (tertiary/aromatic N) is 1. The Morgan fingerprint density at radius 1 is 1.40 bits per heavy atom. The fourth-order valence-corrected chi connectivity index (χ4v) is 3.08. The molecule has 2 N–H and O–H groups in total. The predicted octanol–water partition coefficient (Wildman–Crippen LogP) is 2.02. The van der Waals surface area contributed by atoms with Gasteiger partial charge in [-0.3, -0.25) is 0 Å². The summed E-state index contributed by atoms with van der Waals surface area (Å²) in [5.41, 5.74) is 1.45. The Kier molecular flexibility index (Phi) is 3.76. The summed E-state index contributed by atoms with van der Waals surface area (Å²) < 4.78 is 29.1. The molecule has 0 spiro atoms. The Bertz CT molecular complexity index is 670. The number of ether oxygens (including phenoxy) is 1. The van der Waals surface area contributed by atoms with Crippen molar-refractivity contribution < 1.29 is 13.2 Å². The molecule has 1 aliphatic rings. The van der Waals surface area contributed by atoms with E-state index in [1.165, 1.54) is 6.07 Å². The molecule has 0 bridgehead atoms. The summed E-state index contributed by atoms with van der Waals surface area (Å²) in [6.45, 7) is 3.96. The Labute approximate surface area is 119 Å². The van der Waals surface area contributed by atoms with Gasteiger partial charge in [-0.2, -0.15) is 5.26 Å². The van der Waals surface area contributed by atoms with E-state index in [1.54, 1.807) is 6.92 Å². The smallest absolute Gasteiger partial charge is 0.241 e. The maximum absolute atomic E-state index is 11.7. The second-order valence-corrected chi connectivity index (χ2v) is 7.11. The monoisotopic (exact) mass is 294 g/mol. The quantitative estimate of drug-likeness (QED) is 0.899. The first-order valence-electron chi connectivity index (χ1n) is 6.41. The molecule has 1 aliphatic carbocycles. The fourth-order valence-electron chi connectivity index (χ4n) is 2.25. The van der Waals surface area contributed by atoms with Gasteiger partial charge in [-0.15, -0.1) is 0 Å². The van der Waals surface area contributed by atoms with Crippen LogP contribution in [0, 0.1) is 30.6 Å². The molecule has 1 saturated carbocycles. The van der Waals surface area contributed by atoms with Crippen molar-refractivity contribution in [1.82, 2.24) is 0 Å². The van der Waals surface area contributed by atoms with Crippen molar-refractivity contribution in [1.29, 1.82) is 5.26 Å². The highest BCUT2D eigenvalue weighted by atomic mass is 32.2. The van der Waals surface area contributed by atoms with Crippen molar-refractivity contribution in [3.8, 4) is 11.8 Å². The number of benzene rings is 1. The van der Waals surface area contributed by atoms with Gasteiger partial charge in [0.25, 0.3) is 0 Å². The highest BCUT2D eigenvalue weighted by Crippen LogP contribution is 2.49. The molecule has 0 aliphatic heterocycles. The van der Waals surface area contributed by atoms with Crippen LogP contribution in [-0.2, 0) is 10.0 Å². The number of rotatable bonds is 5. The lowest BCUT2D eigenvalue weighted by Gasteiger charge is -2.17. The van der Waals surface area contributed by atoms with Crippen LogP contribution < -0.4 is 9.88 Å². The second-order valence-electron chi connectivity index (χ2n) is 5.58. The topological polar surface area (TPSA) is 93.2 Å². The summed E-state index contributed by atoms with van der Waals surface area (Å²) >= 11 is 0. The van der Waals surface area contributed by atoms with Gasteiger partial charge < -0.3 is 4.74 Å². The van der Waals surface area contributed by atoms with Crippen LogP contribution in [0.3, 0.4) is 0 Å². The number of sulfonamides is 1. The first-order chi connectivity index (χ1) is 9.27. The fraction of sp³-hybridized carbons (Fsp3) is 0.500.